The first-order valence-electron chi connectivity index (χ1n) is 6.94. The minimum Gasteiger partial charge on any atom is -0.422 e. The Kier molecular flexibility index (Phi) is 4.02. The zero-order valence-electron chi connectivity index (χ0n) is 12.3. The van der Waals surface area contributed by atoms with Gasteiger partial charge in [-0.1, -0.05) is 6.07 Å². The van der Waals surface area contributed by atoms with Crippen LogP contribution in [0.15, 0.2) is 58.0 Å². The predicted molar refractivity (Wildman–Crippen MR) is 84.5 cm³/mol. The summed E-state index contributed by atoms with van der Waals surface area (Å²) in [5, 5.41) is 13.7. The van der Waals surface area contributed by atoms with Gasteiger partial charge in [0, 0.05) is 36.5 Å². The first-order chi connectivity index (χ1) is 11.5. The van der Waals surface area contributed by atoms with Crippen LogP contribution in [0.2, 0.25) is 0 Å². The van der Waals surface area contributed by atoms with E-state index < -0.39 is 16.5 Å². The van der Waals surface area contributed by atoms with E-state index in [0.717, 1.165) is 5.56 Å². The standard InChI is InChI=1S/C16H11N3O5/c20-15(18-9-10-2-1-5-17-8-10)13-7-11-6-12(19(22)23)3-4-14(11)24-16(13)21/h1-8H,9H2,(H,18,20). The Morgan fingerprint density at radius 1 is 1.29 bits per heavy atom. The Hall–Kier alpha value is -3.55. The number of nitrogens with one attached hydrogen (secondary N) is 1. The fourth-order valence-corrected chi connectivity index (χ4v) is 2.16. The average Bonchev–Trinajstić information content (AvgIpc) is 2.59. The third-order valence-electron chi connectivity index (χ3n) is 3.35. The van der Waals surface area contributed by atoms with Crippen LogP contribution >= 0.6 is 0 Å². The van der Waals surface area contributed by atoms with Gasteiger partial charge in [-0.15, -0.1) is 0 Å². The molecule has 0 unspecified atom stereocenters. The molecule has 0 atom stereocenters. The molecule has 3 rings (SSSR count). The highest BCUT2D eigenvalue weighted by Crippen LogP contribution is 2.20. The molecule has 0 aliphatic rings. The molecule has 2 heterocycles. The van der Waals surface area contributed by atoms with Crippen LogP contribution in [0, 0.1) is 10.1 Å². The normalized spacial score (nSPS) is 10.5. The number of rotatable bonds is 4. The Bertz CT molecular complexity index is 982. The van der Waals surface area contributed by atoms with E-state index in [0.29, 0.717) is 5.39 Å². The number of aromatic nitrogens is 1. The Morgan fingerprint density at radius 3 is 2.83 bits per heavy atom. The largest absolute Gasteiger partial charge is 0.422 e. The number of benzene rings is 1. The van der Waals surface area contributed by atoms with Crippen LogP contribution in [0.3, 0.4) is 0 Å². The summed E-state index contributed by atoms with van der Waals surface area (Å²) >= 11 is 0. The van der Waals surface area contributed by atoms with Crippen molar-refractivity contribution in [3.05, 3.63) is 80.5 Å². The maximum absolute atomic E-state index is 12.2. The minimum absolute atomic E-state index is 0.155. The number of nitrogens with zero attached hydrogens (tertiary/aromatic N) is 2. The van der Waals surface area contributed by atoms with E-state index in [4.69, 9.17) is 4.42 Å². The molecule has 8 nitrogen and oxygen atoms in total. The molecule has 1 amide bonds. The number of nitro benzene ring substituents is 1. The Morgan fingerprint density at radius 2 is 2.12 bits per heavy atom. The second kappa shape index (κ2) is 6.29. The van der Waals surface area contributed by atoms with Crippen molar-refractivity contribution in [1.82, 2.24) is 10.3 Å². The second-order valence-corrected chi connectivity index (χ2v) is 4.97. The molecule has 0 aliphatic carbocycles. The van der Waals surface area contributed by atoms with E-state index in [1.165, 1.54) is 24.3 Å². The van der Waals surface area contributed by atoms with Crippen molar-refractivity contribution in [1.29, 1.82) is 0 Å². The topological polar surface area (TPSA) is 115 Å². The first kappa shape index (κ1) is 15.3. The average molecular weight is 325 g/mol. The molecule has 0 saturated carbocycles. The van der Waals surface area contributed by atoms with Gasteiger partial charge in [-0.05, 0) is 23.8 Å². The number of carbonyl (C=O) groups is 1. The molecule has 0 aliphatic heterocycles. The van der Waals surface area contributed by atoms with Crippen molar-refractivity contribution in [3.8, 4) is 0 Å². The lowest BCUT2D eigenvalue weighted by Gasteiger charge is -2.05. The maximum Gasteiger partial charge on any atom is 0.349 e. The summed E-state index contributed by atoms with van der Waals surface area (Å²) in [7, 11) is 0. The van der Waals surface area contributed by atoms with Gasteiger partial charge in [0.05, 0.1) is 4.92 Å². The fraction of sp³-hybridized carbons (Fsp3) is 0.0625. The van der Waals surface area contributed by atoms with E-state index in [1.807, 2.05) is 0 Å². The van der Waals surface area contributed by atoms with Gasteiger partial charge in [0.2, 0.25) is 0 Å². The van der Waals surface area contributed by atoms with Gasteiger partial charge in [0.25, 0.3) is 11.6 Å². The number of hydrogen-bond acceptors (Lipinski definition) is 6. The monoisotopic (exact) mass is 325 g/mol. The highest BCUT2D eigenvalue weighted by atomic mass is 16.6. The fourth-order valence-electron chi connectivity index (χ4n) is 2.16. The quantitative estimate of drug-likeness (QED) is 0.446. The number of hydrogen-bond donors (Lipinski definition) is 1. The van der Waals surface area contributed by atoms with Crippen molar-refractivity contribution in [2.45, 2.75) is 6.54 Å². The molecule has 0 spiro atoms. The SMILES string of the molecule is O=C(NCc1cccnc1)c1cc2cc([N+](=O)[O-])ccc2oc1=O. The number of carbonyl (C=O) groups excluding carboxylic acids is 1. The summed E-state index contributed by atoms with van der Waals surface area (Å²) in [6.07, 6.45) is 3.20. The van der Waals surface area contributed by atoms with Crippen LogP contribution in [-0.2, 0) is 6.54 Å². The predicted octanol–water partition coefficient (Wildman–Crippen LogP) is 2.03. The van der Waals surface area contributed by atoms with E-state index in [2.05, 4.69) is 10.3 Å². The third-order valence-corrected chi connectivity index (χ3v) is 3.35. The maximum atomic E-state index is 12.2. The van der Waals surface area contributed by atoms with Gasteiger partial charge in [-0.25, -0.2) is 4.79 Å². The van der Waals surface area contributed by atoms with E-state index in [1.54, 1.807) is 24.5 Å². The molecule has 3 aromatic rings. The molecule has 1 aromatic carbocycles. The van der Waals surface area contributed by atoms with Crippen LogP contribution in [0.25, 0.3) is 11.0 Å². The molecule has 24 heavy (non-hydrogen) atoms. The molecule has 8 heteroatoms. The number of amides is 1. The molecule has 120 valence electrons. The van der Waals surface area contributed by atoms with Gasteiger partial charge in [0.15, 0.2) is 0 Å². The number of fused-ring (bicyclic) bond motifs is 1. The minimum atomic E-state index is -0.806. The van der Waals surface area contributed by atoms with Crippen LogP contribution < -0.4 is 10.9 Å². The molecule has 2 aromatic heterocycles. The zero-order valence-corrected chi connectivity index (χ0v) is 12.3. The molecule has 0 bridgehead atoms. The first-order valence-corrected chi connectivity index (χ1v) is 6.94. The van der Waals surface area contributed by atoms with Crippen molar-refractivity contribution < 1.29 is 14.1 Å². The van der Waals surface area contributed by atoms with Crippen molar-refractivity contribution in [2.75, 3.05) is 0 Å². The van der Waals surface area contributed by atoms with Crippen LogP contribution in [0.1, 0.15) is 15.9 Å². The molecule has 1 N–H and O–H groups in total. The van der Waals surface area contributed by atoms with Crippen LogP contribution in [0.4, 0.5) is 5.69 Å². The third kappa shape index (κ3) is 3.12. The second-order valence-electron chi connectivity index (χ2n) is 4.97. The lowest BCUT2D eigenvalue weighted by Crippen LogP contribution is -2.27. The van der Waals surface area contributed by atoms with Gasteiger partial charge >= 0.3 is 5.63 Å². The van der Waals surface area contributed by atoms with Gasteiger partial charge in [-0.3, -0.25) is 19.9 Å². The zero-order chi connectivity index (χ0) is 17.1. The Balaban J connectivity index is 1.90. The highest BCUT2D eigenvalue weighted by Gasteiger charge is 2.15. The van der Waals surface area contributed by atoms with E-state index >= 15 is 0 Å². The number of pyridine rings is 1. The smallest absolute Gasteiger partial charge is 0.349 e. The molecule has 0 radical (unpaired) electrons. The summed E-state index contributed by atoms with van der Waals surface area (Å²) < 4.78 is 5.05. The van der Waals surface area contributed by atoms with E-state index in [-0.39, 0.29) is 23.4 Å². The number of nitro groups is 1. The van der Waals surface area contributed by atoms with Gasteiger partial charge in [0.1, 0.15) is 11.1 Å². The van der Waals surface area contributed by atoms with Gasteiger partial charge < -0.3 is 9.73 Å². The van der Waals surface area contributed by atoms with Crippen molar-refractivity contribution >= 4 is 22.6 Å². The van der Waals surface area contributed by atoms with E-state index in [9.17, 15) is 19.7 Å². The lowest BCUT2D eigenvalue weighted by molar-refractivity contribution is -0.384. The van der Waals surface area contributed by atoms with Crippen LogP contribution in [0.5, 0.6) is 0 Å². The van der Waals surface area contributed by atoms with Crippen molar-refractivity contribution in [3.63, 3.8) is 0 Å². The molecular formula is C16H11N3O5. The molecule has 0 saturated heterocycles. The van der Waals surface area contributed by atoms with Gasteiger partial charge in [-0.2, -0.15) is 0 Å². The summed E-state index contributed by atoms with van der Waals surface area (Å²) in [4.78, 5) is 38.3. The molecule has 0 fully saturated rings. The summed E-state index contributed by atoms with van der Waals surface area (Å²) in [5.41, 5.74) is -0.230. The summed E-state index contributed by atoms with van der Waals surface area (Å²) in [5.74, 6) is -0.624. The van der Waals surface area contributed by atoms with Crippen molar-refractivity contribution in [2.24, 2.45) is 0 Å². The summed E-state index contributed by atoms with van der Waals surface area (Å²) in [6, 6.07) is 8.59. The van der Waals surface area contributed by atoms with Crippen LogP contribution in [-0.4, -0.2) is 15.8 Å². The highest BCUT2D eigenvalue weighted by molar-refractivity contribution is 5.96. The number of non-ortho nitro benzene ring substituents is 1. The lowest BCUT2D eigenvalue weighted by atomic mass is 10.1. The Labute approximate surface area is 134 Å². The summed E-state index contributed by atoms with van der Waals surface area (Å²) in [6.45, 7) is 0.194. The molecular weight excluding hydrogens is 314 g/mol.